The molecule has 4 aromatic carbocycles. The molecule has 3 heteroatoms. The predicted octanol–water partition coefficient (Wildman–Crippen LogP) is 11.6. The Hall–Kier alpha value is -4.44. The van der Waals surface area contributed by atoms with E-state index in [-0.39, 0.29) is 10.8 Å². The Labute approximate surface area is 314 Å². The van der Waals surface area contributed by atoms with E-state index in [0.717, 1.165) is 84.7 Å². The number of phenolic OH excluding ortho intramolecular Hbond substituents is 2. The highest BCUT2D eigenvalue weighted by atomic mass is 16.3. The van der Waals surface area contributed by atoms with Crippen molar-refractivity contribution in [3.05, 3.63) is 128 Å². The van der Waals surface area contributed by atoms with Gasteiger partial charge in [0.25, 0.3) is 0 Å². The van der Waals surface area contributed by atoms with E-state index in [1.807, 2.05) is 32.0 Å². The second-order valence-corrected chi connectivity index (χ2v) is 15.0. The van der Waals surface area contributed by atoms with Crippen molar-refractivity contribution in [2.75, 3.05) is 0 Å². The van der Waals surface area contributed by atoms with E-state index in [4.69, 9.17) is 6.42 Å². The Kier molecular flexibility index (Phi) is 13.5. The minimum absolute atomic E-state index is 0.0453. The second kappa shape index (κ2) is 17.4. The van der Waals surface area contributed by atoms with Gasteiger partial charge in [-0.1, -0.05) is 107 Å². The van der Waals surface area contributed by atoms with E-state index in [9.17, 15) is 15.3 Å². The van der Waals surface area contributed by atoms with Gasteiger partial charge >= 0.3 is 0 Å². The summed E-state index contributed by atoms with van der Waals surface area (Å²) in [6, 6.07) is 24.9. The first-order valence-corrected chi connectivity index (χ1v) is 19.4. The summed E-state index contributed by atoms with van der Waals surface area (Å²) in [6.07, 6.45) is 15.6. The van der Waals surface area contributed by atoms with E-state index in [2.05, 4.69) is 108 Å². The lowest BCUT2D eigenvalue weighted by Gasteiger charge is -2.34. The Bertz CT molecular complexity index is 1930. The van der Waals surface area contributed by atoms with Gasteiger partial charge in [0.2, 0.25) is 0 Å². The molecule has 3 N–H and O–H groups in total. The molecule has 4 aromatic rings. The molecule has 274 valence electrons. The van der Waals surface area contributed by atoms with Crippen molar-refractivity contribution in [3.63, 3.8) is 0 Å². The molecular weight excluding hydrogens is 637 g/mol. The maximum Gasteiger partial charge on any atom is 0.125 e. The molecule has 5 rings (SSSR count). The van der Waals surface area contributed by atoms with Gasteiger partial charge in [0.1, 0.15) is 17.1 Å². The largest absolute Gasteiger partial charge is 0.508 e. The highest BCUT2D eigenvalue weighted by Gasteiger charge is 2.33. The molecule has 1 saturated carbocycles. The van der Waals surface area contributed by atoms with Crippen molar-refractivity contribution in [2.24, 2.45) is 0 Å². The molecule has 0 spiro atoms. The van der Waals surface area contributed by atoms with Crippen LogP contribution in [0.25, 0.3) is 0 Å². The Balaban J connectivity index is 0.000000244. The topological polar surface area (TPSA) is 60.7 Å². The molecule has 0 radical (unpaired) electrons. The van der Waals surface area contributed by atoms with Crippen LogP contribution in [0, 0.1) is 51.9 Å². The fraction of sp³-hybridized carbons (Fsp3) is 0.429. The third-order valence-corrected chi connectivity index (χ3v) is 12.0. The minimum Gasteiger partial charge on any atom is -0.508 e. The summed E-state index contributed by atoms with van der Waals surface area (Å²) < 4.78 is 0. The molecule has 1 fully saturated rings. The highest BCUT2D eigenvalue weighted by molar-refractivity contribution is 5.51. The Morgan fingerprint density at radius 3 is 1.27 bits per heavy atom. The van der Waals surface area contributed by atoms with Crippen molar-refractivity contribution >= 4 is 0 Å². The van der Waals surface area contributed by atoms with Crippen molar-refractivity contribution in [1.29, 1.82) is 0 Å². The summed E-state index contributed by atoms with van der Waals surface area (Å²) >= 11 is 0. The maximum atomic E-state index is 10.9. The van der Waals surface area contributed by atoms with Crippen LogP contribution >= 0.6 is 0 Å². The molecule has 0 amide bonds. The van der Waals surface area contributed by atoms with Crippen LogP contribution in [0.15, 0.2) is 72.8 Å². The molecule has 52 heavy (non-hydrogen) atoms. The number of aliphatic hydroxyl groups is 1. The van der Waals surface area contributed by atoms with Crippen LogP contribution in [0.3, 0.4) is 0 Å². The molecule has 0 saturated heterocycles. The van der Waals surface area contributed by atoms with Crippen molar-refractivity contribution in [1.82, 2.24) is 0 Å². The van der Waals surface area contributed by atoms with Crippen LogP contribution in [0.2, 0.25) is 0 Å². The van der Waals surface area contributed by atoms with Crippen LogP contribution < -0.4 is 0 Å². The molecule has 0 heterocycles. The van der Waals surface area contributed by atoms with Gasteiger partial charge in [-0.25, -0.2) is 0 Å². The van der Waals surface area contributed by atoms with Gasteiger partial charge < -0.3 is 15.3 Å². The zero-order valence-corrected chi connectivity index (χ0v) is 32.9. The number of hydrogen-bond acceptors (Lipinski definition) is 3. The van der Waals surface area contributed by atoms with Gasteiger partial charge in [-0.05, 0) is 148 Å². The number of rotatable bonds is 8. The normalized spacial score (nSPS) is 14.2. The fourth-order valence-electron chi connectivity index (χ4n) is 8.22. The number of aryl methyl sites for hydroxylation is 4. The van der Waals surface area contributed by atoms with E-state index in [1.165, 1.54) is 35.1 Å². The zero-order valence-electron chi connectivity index (χ0n) is 32.9. The number of aromatic hydroxyl groups is 2. The van der Waals surface area contributed by atoms with E-state index >= 15 is 0 Å². The lowest BCUT2D eigenvalue weighted by molar-refractivity contribution is 0.0849. The van der Waals surface area contributed by atoms with E-state index in [0.29, 0.717) is 11.5 Å². The van der Waals surface area contributed by atoms with Gasteiger partial charge in [0.05, 0.1) is 0 Å². The molecule has 0 aliphatic heterocycles. The molecular formula is C49H60O3. The third kappa shape index (κ3) is 8.60. The fourth-order valence-corrected chi connectivity index (χ4v) is 8.22. The lowest BCUT2D eigenvalue weighted by Crippen LogP contribution is -2.26. The quantitative estimate of drug-likeness (QED) is 0.127. The van der Waals surface area contributed by atoms with Crippen molar-refractivity contribution in [3.8, 4) is 35.7 Å². The minimum atomic E-state index is -0.832. The summed E-state index contributed by atoms with van der Waals surface area (Å²) in [4.78, 5) is 0. The number of phenols is 2. The Morgan fingerprint density at radius 2 is 0.923 bits per heavy atom. The van der Waals surface area contributed by atoms with Crippen LogP contribution in [0.4, 0.5) is 0 Å². The smallest absolute Gasteiger partial charge is 0.125 e. The molecule has 1 aliphatic carbocycles. The zero-order chi connectivity index (χ0) is 38.1. The van der Waals surface area contributed by atoms with Crippen LogP contribution in [0.5, 0.6) is 11.5 Å². The predicted molar refractivity (Wildman–Crippen MR) is 218 cm³/mol. The SMILES string of the molecule is C#Cc1ccc(C(CC)(CC)c2ccc(O)c(C)c2)cc1C.CCC(CC)(c1ccc(O)c(C)c1)c1ccc(C#CC2(O)CCCCCC2)c(C)c1. The van der Waals surface area contributed by atoms with Crippen molar-refractivity contribution < 1.29 is 15.3 Å². The van der Waals surface area contributed by atoms with Gasteiger partial charge in [-0.2, -0.15) is 0 Å². The van der Waals surface area contributed by atoms with E-state index < -0.39 is 5.60 Å². The first-order chi connectivity index (χ1) is 24.8. The summed E-state index contributed by atoms with van der Waals surface area (Å²) in [6.45, 7) is 17.0. The summed E-state index contributed by atoms with van der Waals surface area (Å²) in [5.41, 5.74) is 10.2. The van der Waals surface area contributed by atoms with Crippen LogP contribution in [0.1, 0.15) is 148 Å². The monoisotopic (exact) mass is 696 g/mol. The Morgan fingerprint density at radius 1 is 0.558 bits per heavy atom. The van der Waals surface area contributed by atoms with Gasteiger partial charge in [-0.3, -0.25) is 0 Å². The standard InChI is InChI=1S/C28H36O2.C21H24O/c1-5-28(6-2,25-13-14-26(29)22(4)20-25)24-12-11-23(21(3)19-24)15-18-27(30)16-9-7-8-10-17-27;1-6-17-9-10-18(13-15(17)4)21(7-2,8-3)19-11-12-20(22)16(5)14-19/h11-14,19-20,29-30H,5-10,16-17H2,1-4H3;1,9-14,22H,7-8H2,2-5H3. The molecule has 0 atom stereocenters. The third-order valence-electron chi connectivity index (χ3n) is 12.0. The summed E-state index contributed by atoms with van der Waals surface area (Å²) in [7, 11) is 0. The maximum absolute atomic E-state index is 10.9. The highest BCUT2D eigenvalue weighted by Crippen LogP contribution is 2.42. The van der Waals surface area contributed by atoms with Gasteiger partial charge in [0, 0.05) is 22.0 Å². The first-order valence-electron chi connectivity index (χ1n) is 19.4. The van der Waals surface area contributed by atoms with Crippen LogP contribution in [-0.2, 0) is 10.8 Å². The molecule has 1 aliphatic rings. The number of terminal acetylenes is 1. The lowest BCUT2D eigenvalue weighted by atomic mass is 9.70. The summed E-state index contributed by atoms with van der Waals surface area (Å²) in [5.74, 6) is 9.92. The molecule has 3 nitrogen and oxygen atoms in total. The first kappa shape index (κ1) is 40.3. The average molecular weight is 697 g/mol. The average Bonchev–Trinajstić information content (AvgIpc) is 3.37. The summed E-state index contributed by atoms with van der Waals surface area (Å²) in [5, 5.41) is 30.7. The van der Waals surface area contributed by atoms with Gasteiger partial charge in [-0.15, -0.1) is 6.42 Å². The second-order valence-electron chi connectivity index (χ2n) is 15.0. The number of hydrogen-bond donors (Lipinski definition) is 3. The number of benzene rings is 4. The van der Waals surface area contributed by atoms with E-state index in [1.54, 1.807) is 6.07 Å². The molecule has 0 unspecified atom stereocenters. The van der Waals surface area contributed by atoms with Gasteiger partial charge in [0.15, 0.2) is 0 Å². The molecule has 0 bridgehead atoms. The van der Waals surface area contributed by atoms with Crippen LogP contribution in [-0.4, -0.2) is 20.9 Å². The van der Waals surface area contributed by atoms with Crippen molar-refractivity contribution in [2.45, 2.75) is 136 Å². The molecule has 0 aromatic heterocycles.